The Hall–Kier alpha value is -4.24. The molecule has 0 aliphatic carbocycles. The van der Waals surface area contributed by atoms with Crippen LogP contribution in [0, 0.1) is 24.0 Å². The fourth-order valence-electron chi connectivity index (χ4n) is 4.26. The number of rotatable bonds is 5. The summed E-state index contributed by atoms with van der Waals surface area (Å²) in [5.41, 5.74) is 5.42. The van der Waals surface area contributed by atoms with E-state index in [0.29, 0.717) is 54.7 Å². The molecule has 3 aromatic carbocycles. The lowest BCUT2D eigenvalue weighted by atomic mass is 10.1. The van der Waals surface area contributed by atoms with Crippen LogP contribution in [0.25, 0.3) is 22.6 Å². The van der Waals surface area contributed by atoms with Gasteiger partial charge in [-0.05, 0) is 55.8 Å². The highest BCUT2D eigenvalue weighted by atomic mass is 16.6. The van der Waals surface area contributed by atoms with E-state index in [9.17, 15) is 14.9 Å². The van der Waals surface area contributed by atoms with Gasteiger partial charge in [0.25, 0.3) is 11.6 Å². The smallest absolute Gasteiger partial charge is 0.293 e. The molecule has 2 heterocycles. The number of amides is 1. The van der Waals surface area contributed by atoms with Crippen molar-refractivity contribution in [2.75, 3.05) is 36.5 Å². The van der Waals surface area contributed by atoms with Gasteiger partial charge in [0.2, 0.25) is 5.89 Å². The second-order valence-corrected chi connectivity index (χ2v) is 8.53. The minimum atomic E-state index is -0.461. The number of nitro groups is 1. The van der Waals surface area contributed by atoms with Crippen molar-refractivity contribution in [2.45, 2.75) is 13.8 Å². The quantitative estimate of drug-likeness (QED) is 0.317. The van der Waals surface area contributed by atoms with E-state index < -0.39 is 10.8 Å². The second kappa shape index (κ2) is 9.19. The van der Waals surface area contributed by atoms with Crippen LogP contribution in [0.5, 0.6) is 0 Å². The van der Waals surface area contributed by atoms with Crippen molar-refractivity contribution >= 4 is 34.1 Å². The van der Waals surface area contributed by atoms with Crippen LogP contribution < -0.4 is 10.2 Å². The number of oxazole rings is 1. The van der Waals surface area contributed by atoms with Gasteiger partial charge in [-0.25, -0.2) is 4.98 Å². The normalized spacial score (nSPS) is 13.7. The number of benzene rings is 3. The standard InChI is InChI=1S/C26H24N4O5/c1-16-3-6-20(17(2)13-16)26-28-21-15-19(5-8-24(21)35-26)27-25(31)18-4-7-22(23(14-18)30(32)33)29-9-11-34-12-10-29/h3-8,13-15H,9-12H2,1-2H3,(H,27,31). The van der Waals surface area contributed by atoms with Crippen LogP contribution in [-0.4, -0.2) is 42.1 Å². The van der Waals surface area contributed by atoms with Gasteiger partial charge in [-0.2, -0.15) is 0 Å². The first kappa shape index (κ1) is 22.5. The predicted molar refractivity (Wildman–Crippen MR) is 133 cm³/mol. The zero-order valence-electron chi connectivity index (χ0n) is 19.4. The summed E-state index contributed by atoms with van der Waals surface area (Å²) in [6.45, 7) is 6.18. The molecule has 1 aromatic heterocycles. The molecule has 0 atom stereocenters. The number of carbonyl (C=O) groups excluding carboxylic acids is 1. The zero-order chi connectivity index (χ0) is 24.5. The summed E-state index contributed by atoms with van der Waals surface area (Å²) in [6, 6.07) is 15.8. The number of morpholine rings is 1. The summed E-state index contributed by atoms with van der Waals surface area (Å²) in [4.78, 5) is 30.6. The number of nitrogens with one attached hydrogen (secondary N) is 1. The Labute approximate surface area is 201 Å². The molecule has 0 unspecified atom stereocenters. The summed E-state index contributed by atoms with van der Waals surface area (Å²) >= 11 is 0. The fourth-order valence-corrected chi connectivity index (χ4v) is 4.26. The molecular formula is C26H24N4O5. The molecule has 0 spiro atoms. The lowest BCUT2D eigenvalue weighted by molar-refractivity contribution is -0.384. The summed E-state index contributed by atoms with van der Waals surface area (Å²) < 4.78 is 11.2. The van der Waals surface area contributed by atoms with E-state index >= 15 is 0 Å². The Bertz CT molecular complexity index is 1440. The minimum absolute atomic E-state index is 0.107. The van der Waals surface area contributed by atoms with Gasteiger partial charge in [0, 0.05) is 36.0 Å². The molecule has 5 rings (SSSR count). The van der Waals surface area contributed by atoms with Crippen molar-refractivity contribution in [2.24, 2.45) is 0 Å². The number of fused-ring (bicyclic) bond motifs is 1. The van der Waals surface area contributed by atoms with Crippen LogP contribution in [-0.2, 0) is 4.74 Å². The Balaban J connectivity index is 1.39. The SMILES string of the molecule is Cc1ccc(-c2nc3cc(NC(=O)c4ccc(N5CCOCC5)c([N+](=O)[O-])c4)ccc3o2)c(C)c1. The highest BCUT2D eigenvalue weighted by Crippen LogP contribution is 2.31. The molecule has 1 aliphatic rings. The van der Waals surface area contributed by atoms with Crippen LogP contribution >= 0.6 is 0 Å². The van der Waals surface area contributed by atoms with Gasteiger partial charge in [0.05, 0.1) is 18.1 Å². The Kier molecular flexibility index (Phi) is 5.92. The van der Waals surface area contributed by atoms with Crippen LogP contribution in [0.3, 0.4) is 0 Å². The molecule has 1 N–H and O–H groups in total. The number of nitrogens with zero attached hydrogens (tertiary/aromatic N) is 3. The average Bonchev–Trinajstić information content (AvgIpc) is 3.27. The maximum absolute atomic E-state index is 12.9. The van der Waals surface area contributed by atoms with E-state index in [-0.39, 0.29) is 11.3 Å². The molecular weight excluding hydrogens is 448 g/mol. The van der Waals surface area contributed by atoms with E-state index in [1.54, 1.807) is 30.3 Å². The first-order chi connectivity index (χ1) is 16.9. The van der Waals surface area contributed by atoms with Crippen LogP contribution in [0.2, 0.25) is 0 Å². The van der Waals surface area contributed by atoms with Crippen LogP contribution in [0.4, 0.5) is 17.1 Å². The molecule has 1 fully saturated rings. The van der Waals surface area contributed by atoms with Gasteiger partial charge in [0.15, 0.2) is 5.58 Å². The third-order valence-corrected chi connectivity index (χ3v) is 6.04. The number of aryl methyl sites for hydroxylation is 2. The van der Waals surface area contributed by atoms with Gasteiger partial charge < -0.3 is 19.4 Å². The van der Waals surface area contributed by atoms with Gasteiger partial charge in [0.1, 0.15) is 11.2 Å². The maximum Gasteiger partial charge on any atom is 0.293 e. The first-order valence-electron chi connectivity index (χ1n) is 11.3. The van der Waals surface area contributed by atoms with Crippen molar-refractivity contribution in [1.29, 1.82) is 0 Å². The van der Waals surface area contributed by atoms with Gasteiger partial charge in [-0.15, -0.1) is 0 Å². The summed E-state index contributed by atoms with van der Waals surface area (Å²) in [6.07, 6.45) is 0. The number of ether oxygens (including phenoxy) is 1. The highest BCUT2D eigenvalue weighted by Gasteiger charge is 2.23. The van der Waals surface area contributed by atoms with Crippen molar-refractivity contribution in [3.05, 3.63) is 81.4 Å². The minimum Gasteiger partial charge on any atom is -0.436 e. The van der Waals surface area contributed by atoms with Gasteiger partial charge >= 0.3 is 0 Å². The van der Waals surface area contributed by atoms with Crippen molar-refractivity contribution in [3.63, 3.8) is 0 Å². The fraction of sp³-hybridized carbons (Fsp3) is 0.231. The molecule has 1 aliphatic heterocycles. The number of hydrogen-bond donors (Lipinski definition) is 1. The lowest BCUT2D eigenvalue weighted by Crippen LogP contribution is -2.36. The van der Waals surface area contributed by atoms with Crippen LogP contribution in [0.15, 0.2) is 59.0 Å². The summed E-state index contributed by atoms with van der Waals surface area (Å²) in [5, 5.41) is 14.5. The number of carbonyl (C=O) groups is 1. The number of nitro benzene ring substituents is 1. The Morgan fingerprint density at radius 1 is 1.06 bits per heavy atom. The maximum atomic E-state index is 12.9. The topological polar surface area (TPSA) is 111 Å². The number of aromatic nitrogens is 1. The molecule has 4 aromatic rings. The van der Waals surface area contributed by atoms with E-state index in [1.165, 1.54) is 6.07 Å². The summed E-state index contributed by atoms with van der Waals surface area (Å²) in [7, 11) is 0. The lowest BCUT2D eigenvalue weighted by Gasteiger charge is -2.28. The first-order valence-corrected chi connectivity index (χ1v) is 11.3. The van der Waals surface area contributed by atoms with E-state index in [1.807, 2.05) is 30.9 Å². The number of hydrogen-bond acceptors (Lipinski definition) is 7. The third-order valence-electron chi connectivity index (χ3n) is 6.04. The van der Waals surface area contributed by atoms with Crippen molar-refractivity contribution in [3.8, 4) is 11.5 Å². The van der Waals surface area contributed by atoms with E-state index in [4.69, 9.17) is 9.15 Å². The Morgan fingerprint density at radius 3 is 2.60 bits per heavy atom. The predicted octanol–water partition coefficient (Wildman–Crippen LogP) is 5.11. The Morgan fingerprint density at radius 2 is 1.86 bits per heavy atom. The highest BCUT2D eigenvalue weighted by molar-refractivity contribution is 6.05. The third kappa shape index (κ3) is 4.58. The average molecular weight is 473 g/mol. The molecule has 9 heteroatoms. The molecule has 9 nitrogen and oxygen atoms in total. The zero-order valence-corrected chi connectivity index (χ0v) is 19.4. The van der Waals surface area contributed by atoms with Gasteiger partial charge in [-0.3, -0.25) is 14.9 Å². The largest absolute Gasteiger partial charge is 0.436 e. The summed E-state index contributed by atoms with van der Waals surface area (Å²) in [5.74, 6) is 0.0642. The number of anilines is 2. The molecule has 0 bridgehead atoms. The van der Waals surface area contributed by atoms with Gasteiger partial charge in [-0.1, -0.05) is 17.7 Å². The van der Waals surface area contributed by atoms with Crippen molar-refractivity contribution in [1.82, 2.24) is 4.98 Å². The van der Waals surface area contributed by atoms with Crippen LogP contribution in [0.1, 0.15) is 21.5 Å². The van der Waals surface area contributed by atoms with Crippen molar-refractivity contribution < 1.29 is 18.9 Å². The molecule has 35 heavy (non-hydrogen) atoms. The monoisotopic (exact) mass is 472 g/mol. The van der Waals surface area contributed by atoms with E-state index in [2.05, 4.69) is 16.4 Å². The van der Waals surface area contributed by atoms with E-state index in [0.717, 1.165) is 16.7 Å². The second-order valence-electron chi connectivity index (χ2n) is 8.53. The molecule has 0 radical (unpaired) electrons. The molecule has 0 saturated carbocycles. The molecule has 178 valence electrons. The molecule has 1 amide bonds. The molecule has 1 saturated heterocycles.